The lowest BCUT2D eigenvalue weighted by atomic mass is 10.3. The Hall–Kier alpha value is -3.29. The van der Waals surface area contributed by atoms with E-state index in [-0.39, 0.29) is 5.69 Å². The first kappa shape index (κ1) is 13.7. The molecule has 0 fully saturated rings. The number of benzene rings is 1. The fraction of sp³-hybridized carbons (Fsp3) is 0.0714. The standard InChI is InChI=1S/C14H12N6O2/c1-19-12-5-3-2-4-11(12)17-14(19)9-16-18-13-7-6-10(8-15-13)20(21)22/h2-9H,1H3,(H,15,18). The number of fused-ring (bicyclic) bond motifs is 1. The molecule has 0 radical (unpaired) electrons. The van der Waals surface area contributed by atoms with Crippen molar-refractivity contribution in [3.8, 4) is 0 Å². The van der Waals surface area contributed by atoms with Crippen LogP contribution in [0.3, 0.4) is 0 Å². The topological polar surface area (TPSA) is 98.2 Å². The van der Waals surface area contributed by atoms with Gasteiger partial charge in [-0.3, -0.25) is 15.5 Å². The van der Waals surface area contributed by atoms with Crippen molar-refractivity contribution in [3.05, 3.63) is 58.5 Å². The zero-order chi connectivity index (χ0) is 15.5. The normalized spacial score (nSPS) is 11.1. The van der Waals surface area contributed by atoms with Gasteiger partial charge in [0, 0.05) is 13.1 Å². The van der Waals surface area contributed by atoms with Crippen molar-refractivity contribution in [1.29, 1.82) is 0 Å². The molecule has 2 aromatic heterocycles. The number of imidazole rings is 1. The summed E-state index contributed by atoms with van der Waals surface area (Å²) in [5.41, 5.74) is 4.55. The molecule has 8 heteroatoms. The lowest BCUT2D eigenvalue weighted by Crippen LogP contribution is -1.99. The van der Waals surface area contributed by atoms with Crippen LogP contribution in [0.1, 0.15) is 5.82 Å². The fourth-order valence-corrected chi connectivity index (χ4v) is 2.00. The fourth-order valence-electron chi connectivity index (χ4n) is 2.00. The van der Waals surface area contributed by atoms with E-state index in [9.17, 15) is 10.1 Å². The summed E-state index contributed by atoms with van der Waals surface area (Å²) < 4.78 is 1.92. The Balaban J connectivity index is 1.76. The van der Waals surface area contributed by atoms with Gasteiger partial charge >= 0.3 is 0 Å². The molecule has 0 saturated heterocycles. The summed E-state index contributed by atoms with van der Waals surface area (Å²) in [5, 5.41) is 14.6. The Labute approximate surface area is 125 Å². The monoisotopic (exact) mass is 296 g/mol. The summed E-state index contributed by atoms with van der Waals surface area (Å²) in [5.74, 6) is 1.11. The SMILES string of the molecule is Cn1c(C=NNc2ccc([N+](=O)[O-])cn2)nc2ccccc21. The van der Waals surface area contributed by atoms with E-state index in [1.54, 1.807) is 6.21 Å². The number of nitrogens with one attached hydrogen (secondary N) is 1. The molecule has 0 saturated carbocycles. The van der Waals surface area contributed by atoms with Crippen molar-refractivity contribution < 1.29 is 4.92 Å². The van der Waals surface area contributed by atoms with Crippen molar-refractivity contribution in [1.82, 2.24) is 14.5 Å². The number of para-hydroxylation sites is 2. The summed E-state index contributed by atoms with van der Waals surface area (Å²) in [6.07, 6.45) is 2.75. The predicted octanol–water partition coefficient (Wildman–Crippen LogP) is 2.32. The molecule has 3 rings (SSSR count). The van der Waals surface area contributed by atoms with Gasteiger partial charge in [-0.2, -0.15) is 5.10 Å². The second-order valence-corrected chi connectivity index (χ2v) is 4.55. The average molecular weight is 296 g/mol. The van der Waals surface area contributed by atoms with Gasteiger partial charge in [0.15, 0.2) is 5.82 Å². The minimum atomic E-state index is -0.501. The highest BCUT2D eigenvalue weighted by Crippen LogP contribution is 2.13. The molecular weight excluding hydrogens is 284 g/mol. The Morgan fingerprint density at radius 3 is 2.82 bits per heavy atom. The van der Waals surface area contributed by atoms with Gasteiger partial charge in [0.2, 0.25) is 0 Å². The van der Waals surface area contributed by atoms with Gasteiger partial charge in [-0.1, -0.05) is 12.1 Å². The van der Waals surface area contributed by atoms with Crippen LogP contribution in [-0.2, 0) is 7.05 Å². The summed E-state index contributed by atoms with van der Waals surface area (Å²) in [6, 6.07) is 10.6. The quantitative estimate of drug-likeness (QED) is 0.452. The van der Waals surface area contributed by atoms with E-state index >= 15 is 0 Å². The second kappa shape index (κ2) is 5.60. The number of anilines is 1. The number of pyridine rings is 1. The molecule has 22 heavy (non-hydrogen) atoms. The molecule has 3 aromatic rings. The van der Waals surface area contributed by atoms with Gasteiger partial charge in [-0.15, -0.1) is 0 Å². The van der Waals surface area contributed by atoms with Crippen molar-refractivity contribution in [2.24, 2.45) is 12.1 Å². The van der Waals surface area contributed by atoms with E-state index in [1.165, 1.54) is 18.3 Å². The lowest BCUT2D eigenvalue weighted by molar-refractivity contribution is -0.385. The summed E-state index contributed by atoms with van der Waals surface area (Å²) in [6.45, 7) is 0. The smallest absolute Gasteiger partial charge is 0.287 e. The minimum absolute atomic E-state index is 0.0649. The van der Waals surface area contributed by atoms with Crippen LogP contribution in [-0.4, -0.2) is 25.7 Å². The van der Waals surface area contributed by atoms with Gasteiger partial charge in [0.05, 0.1) is 22.2 Å². The maximum Gasteiger partial charge on any atom is 0.287 e. The van der Waals surface area contributed by atoms with Gasteiger partial charge in [-0.25, -0.2) is 9.97 Å². The zero-order valence-electron chi connectivity index (χ0n) is 11.7. The number of hydrogen-bond acceptors (Lipinski definition) is 6. The molecule has 1 aromatic carbocycles. The first-order valence-corrected chi connectivity index (χ1v) is 6.46. The summed E-state index contributed by atoms with van der Waals surface area (Å²) >= 11 is 0. The summed E-state index contributed by atoms with van der Waals surface area (Å²) in [4.78, 5) is 18.4. The number of aryl methyl sites for hydroxylation is 1. The van der Waals surface area contributed by atoms with E-state index in [1.807, 2.05) is 35.9 Å². The van der Waals surface area contributed by atoms with Gasteiger partial charge in [0.25, 0.3) is 5.69 Å². The van der Waals surface area contributed by atoms with Crippen molar-refractivity contribution in [3.63, 3.8) is 0 Å². The molecule has 0 unspecified atom stereocenters. The van der Waals surface area contributed by atoms with E-state index in [0.717, 1.165) is 11.0 Å². The predicted molar refractivity (Wildman–Crippen MR) is 82.8 cm³/mol. The molecule has 2 heterocycles. The van der Waals surface area contributed by atoms with Crippen LogP contribution in [0, 0.1) is 10.1 Å². The Kier molecular flexibility index (Phi) is 3.48. The molecule has 8 nitrogen and oxygen atoms in total. The highest BCUT2D eigenvalue weighted by Gasteiger charge is 2.05. The molecular formula is C14H12N6O2. The molecule has 0 amide bonds. The van der Waals surface area contributed by atoms with Crippen LogP contribution in [0.25, 0.3) is 11.0 Å². The first-order valence-electron chi connectivity index (χ1n) is 6.46. The van der Waals surface area contributed by atoms with Crippen molar-refractivity contribution in [2.45, 2.75) is 0 Å². The molecule has 110 valence electrons. The number of rotatable bonds is 4. The maximum absolute atomic E-state index is 10.5. The Bertz CT molecular complexity index is 853. The molecule has 0 bridgehead atoms. The van der Waals surface area contributed by atoms with Gasteiger partial charge in [-0.05, 0) is 18.2 Å². The van der Waals surface area contributed by atoms with Gasteiger partial charge in [0.1, 0.15) is 12.0 Å². The minimum Gasteiger partial charge on any atom is -0.326 e. The van der Waals surface area contributed by atoms with E-state index in [2.05, 4.69) is 20.5 Å². The molecule has 0 spiro atoms. The van der Waals surface area contributed by atoms with Gasteiger partial charge < -0.3 is 4.57 Å². The number of nitrogens with zero attached hydrogens (tertiary/aromatic N) is 5. The highest BCUT2D eigenvalue weighted by atomic mass is 16.6. The van der Waals surface area contributed by atoms with E-state index in [0.29, 0.717) is 11.6 Å². The second-order valence-electron chi connectivity index (χ2n) is 4.55. The third-order valence-corrected chi connectivity index (χ3v) is 3.14. The number of aromatic nitrogens is 3. The third kappa shape index (κ3) is 2.62. The Morgan fingerprint density at radius 1 is 1.32 bits per heavy atom. The van der Waals surface area contributed by atoms with Crippen molar-refractivity contribution in [2.75, 3.05) is 5.43 Å². The van der Waals surface area contributed by atoms with E-state index < -0.39 is 4.92 Å². The van der Waals surface area contributed by atoms with Crippen LogP contribution in [0.2, 0.25) is 0 Å². The number of hydrogen-bond donors (Lipinski definition) is 1. The van der Waals surface area contributed by atoms with Crippen molar-refractivity contribution >= 4 is 28.8 Å². The largest absolute Gasteiger partial charge is 0.326 e. The van der Waals surface area contributed by atoms with Crippen LogP contribution < -0.4 is 5.43 Å². The molecule has 1 N–H and O–H groups in total. The molecule has 0 aliphatic carbocycles. The summed E-state index contributed by atoms with van der Waals surface area (Å²) in [7, 11) is 1.90. The highest BCUT2D eigenvalue weighted by molar-refractivity contribution is 5.85. The Morgan fingerprint density at radius 2 is 2.14 bits per heavy atom. The molecule has 0 aliphatic heterocycles. The first-order chi connectivity index (χ1) is 10.6. The molecule has 0 atom stereocenters. The van der Waals surface area contributed by atoms with Crippen LogP contribution in [0.5, 0.6) is 0 Å². The number of nitro groups is 1. The maximum atomic E-state index is 10.5. The van der Waals surface area contributed by atoms with Crippen LogP contribution >= 0.6 is 0 Å². The lowest BCUT2D eigenvalue weighted by Gasteiger charge is -1.99. The van der Waals surface area contributed by atoms with Crippen LogP contribution in [0.15, 0.2) is 47.7 Å². The number of hydrazone groups is 1. The van der Waals surface area contributed by atoms with Crippen LogP contribution in [0.4, 0.5) is 11.5 Å². The molecule has 0 aliphatic rings. The third-order valence-electron chi connectivity index (χ3n) is 3.14. The average Bonchev–Trinajstić information content (AvgIpc) is 2.85. The van der Waals surface area contributed by atoms with E-state index in [4.69, 9.17) is 0 Å². The zero-order valence-corrected chi connectivity index (χ0v) is 11.7.